The number of phenols is 1. The van der Waals surface area contributed by atoms with Crippen LogP contribution < -0.4 is 10.9 Å². The molecule has 0 unspecified atom stereocenters. The van der Waals surface area contributed by atoms with Crippen molar-refractivity contribution in [1.82, 2.24) is 15.8 Å². The maximum Gasteiger partial charge on any atom is 0.273 e. The Morgan fingerprint density at radius 2 is 1.79 bits per heavy atom. The van der Waals surface area contributed by atoms with Crippen molar-refractivity contribution in [1.29, 1.82) is 0 Å². The summed E-state index contributed by atoms with van der Waals surface area (Å²) in [4.78, 5) is 38.7. The van der Waals surface area contributed by atoms with E-state index in [-0.39, 0.29) is 29.5 Å². The Morgan fingerprint density at radius 1 is 1.06 bits per heavy atom. The standard InChI is InChI=1S/C23H22ClN3O4S2/c24-16-11-9-15(10-12-16)14-19-22(31)27(23(32)33-19)13-5-1-2-8-20(29)25-26-21(30)17-6-3-4-7-18(17)28/h3-4,6-7,9-12,14,28H,1-2,5,8,13H2,(H,25,29)(H,26,30)/b19-14-. The molecule has 10 heteroatoms. The van der Waals surface area contributed by atoms with E-state index in [9.17, 15) is 19.5 Å². The van der Waals surface area contributed by atoms with Crippen LogP contribution >= 0.6 is 35.6 Å². The lowest BCUT2D eigenvalue weighted by atomic mass is 10.2. The average molecular weight is 504 g/mol. The second kappa shape index (κ2) is 11.8. The lowest BCUT2D eigenvalue weighted by Gasteiger charge is -2.14. The zero-order chi connectivity index (χ0) is 23.8. The van der Waals surface area contributed by atoms with Crippen molar-refractivity contribution in [2.45, 2.75) is 25.7 Å². The fourth-order valence-electron chi connectivity index (χ4n) is 3.06. The number of benzene rings is 2. The fourth-order valence-corrected chi connectivity index (χ4v) is 4.49. The van der Waals surface area contributed by atoms with Gasteiger partial charge in [0.25, 0.3) is 11.8 Å². The summed E-state index contributed by atoms with van der Waals surface area (Å²) in [6.45, 7) is 0.480. The molecule has 0 aromatic heterocycles. The predicted molar refractivity (Wildman–Crippen MR) is 134 cm³/mol. The third kappa shape index (κ3) is 7.05. The van der Waals surface area contributed by atoms with Gasteiger partial charge in [0.15, 0.2) is 0 Å². The summed E-state index contributed by atoms with van der Waals surface area (Å²) in [6, 6.07) is 13.3. The molecule has 7 nitrogen and oxygen atoms in total. The molecule has 0 atom stereocenters. The fraction of sp³-hybridized carbons (Fsp3) is 0.217. The first-order valence-corrected chi connectivity index (χ1v) is 11.8. The molecule has 1 heterocycles. The van der Waals surface area contributed by atoms with Gasteiger partial charge in [-0.3, -0.25) is 30.1 Å². The third-order valence-corrected chi connectivity index (χ3v) is 6.42. The molecule has 1 aliphatic heterocycles. The van der Waals surface area contributed by atoms with Gasteiger partial charge in [-0.2, -0.15) is 0 Å². The van der Waals surface area contributed by atoms with Gasteiger partial charge in [-0.15, -0.1) is 0 Å². The minimum atomic E-state index is -0.595. The number of hydrogen-bond acceptors (Lipinski definition) is 6. The van der Waals surface area contributed by atoms with Gasteiger partial charge in [0, 0.05) is 18.0 Å². The molecular weight excluding hydrogens is 482 g/mol. The molecule has 33 heavy (non-hydrogen) atoms. The summed E-state index contributed by atoms with van der Waals surface area (Å²) in [6.07, 6.45) is 4.01. The van der Waals surface area contributed by atoms with Crippen LogP contribution in [-0.2, 0) is 9.59 Å². The number of phenolic OH excluding ortho intramolecular Hbond substituents is 1. The van der Waals surface area contributed by atoms with Crippen molar-refractivity contribution in [2.24, 2.45) is 0 Å². The molecular formula is C23H22ClN3O4S2. The number of thioether (sulfide) groups is 1. The summed E-state index contributed by atoms with van der Waals surface area (Å²) < 4.78 is 0.518. The molecule has 0 spiro atoms. The second-order valence-corrected chi connectivity index (χ2v) is 9.33. The molecule has 3 rings (SSSR count). The van der Waals surface area contributed by atoms with Gasteiger partial charge in [0.1, 0.15) is 10.1 Å². The smallest absolute Gasteiger partial charge is 0.273 e. The summed E-state index contributed by atoms with van der Waals surface area (Å²) in [5.41, 5.74) is 5.56. The van der Waals surface area contributed by atoms with E-state index >= 15 is 0 Å². The first kappa shape index (κ1) is 24.8. The van der Waals surface area contributed by atoms with Gasteiger partial charge in [-0.1, -0.05) is 66.3 Å². The Balaban J connectivity index is 1.36. The third-order valence-electron chi connectivity index (χ3n) is 4.79. The van der Waals surface area contributed by atoms with E-state index in [1.165, 1.54) is 23.9 Å². The maximum atomic E-state index is 12.7. The van der Waals surface area contributed by atoms with Crippen LogP contribution in [0.4, 0.5) is 0 Å². The second-order valence-electron chi connectivity index (χ2n) is 7.22. The van der Waals surface area contributed by atoms with Crippen LogP contribution in [0.3, 0.4) is 0 Å². The molecule has 3 amide bonds. The highest BCUT2D eigenvalue weighted by Crippen LogP contribution is 2.33. The number of rotatable bonds is 8. The van der Waals surface area contributed by atoms with E-state index in [1.54, 1.807) is 35.2 Å². The van der Waals surface area contributed by atoms with Crippen LogP contribution in [0.25, 0.3) is 6.08 Å². The topological polar surface area (TPSA) is 98.7 Å². The lowest BCUT2D eigenvalue weighted by Crippen LogP contribution is -2.41. The summed E-state index contributed by atoms with van der Waals surface area (Å²) >= 11 is 12.5. The number of amides is 3. The van der Waals surface area contributed by atoms with Gasteiger partial charge in [-0.25, -0.2) is 0 Å². The highest BCUT2D eigenvalue weighted by Gasteiger charge is 2.31. The van der Waals surface area contributed by atoms with Crippen molar-refractivity contribution in [3.05, 3.63) is 69.6 Å². The minimum absolute atomic E-state index is 0.0754. The van der Waals surface area contributed by atoms with E-state index in [0.717, 1.165) is 5.56 Å². The number of aromatic hydroxyl groups is 1. The molecule has 0 aliphatic carbocycles. The molecule has 3 N–H and O–H groups in total. The molecule has 2 aromatic rings. The van der Waals surface area contributed by atoms with Crippen molar-refractivity contribution in [3.8, 4) is 5.75 Å². The number of hydrogen-bond donors (Lipinski definition) is 3. The number of unbranched alkanes of at least 4 members (excludes halogenated alkanes) is 2. The molecule has 0 bridgehead atoms. The highest BCUT2D eigenvalue weighted by molar-refractivity contribution is 8.26. The Bertz CT molecular complexity index is 1090. The van der Waals surface area contributed by atoms with E-state index in [1.807, 2.05) is 12.1 Å². The Morgan fingerprint density at radius 3 is 2.52 bits per heavy atom. The normalized spacial score (nSPS) is 14.6. The van der Waals surface area contributed by atoms with Crippen LogP contribution in [0.15, 0.2) is 53.4 Å². The maximum absolute atomic E-state index is 12.7. The largest absolute Gasteiger partial charge is 0.507 e. The van der Waals surface area contributed by atoms with E-state index in [2.05, 4.69) is 10.9 Å². The van der Waals surface area contributed by atoms with Crippen molar-refractivity contribution >= 4 is 63.7 Å². The molecule has 0 radical (unpaired) electrons. The first-order valence-electron chi connectivity index (χ1n) is 10.2. The molecule has 0 saturated carbocycles. The SMILES string of the molecule is O=C(CCCCCN1C(=O)/C(=C/c2ccc(Cl)cc2)SC1=S)NNC(=O)c1ccccc1O. The molecule has 1 fully saturated rings. The van der Waals surface area contributed by atoms with E-state index in [4.69, 9.17) is 23.8 Å². The number of hydrazine groups is 1. The van der Waals surface area contributed by atoms with Crippen LogP contribution in [0.1, 0.15) is 41.6 Å². The van der Waals surface area contributed by atoms with Crippen LogP contribution in [0.5, 0.6) is 5.75 Å². The zero-order valence-corrected chi connectivity index (χ0v) is 19.9. The number of thiocarbonyl (C=S) groups is 1. The number of halogens is 1. The van der Waals surface area contributed by atoms with Crippen LogP contribution in [0, 0.1) is 0 Å². The molecule has 172 valence electrons. The van der Waals surface area contributed by atoms with Gasteiger partial charge in [0.05, 0.1) is 10.5 Å². The first-order chi connectivity index (χ1) is 15.8. The highest BCUT2D eigenvalue weighted by atomic mass is 35.5. The van der Waals surface area contributed by atoms with Crippen molar-refractivity contribution < 1.29 is 19.5 Å². The molecule has 1 aliphatic rings. The summed E-state index contributed by atoms with van der Waals surface area (Å²) in [5.74, 6) is -1.22. The Kier molecular flexibility index (Phi) is 8.87. The van der Waals surface area contributed by atoms with Gasteiger partial charge < -0.3 is 5.11 Å². The average Bonchev–Trinajstić information content (AvgIpc) is 3.06. The monoisotopic (exact) mass is 503 g/mol. The zero-order valence-electron chi connectivity index (χ0n) is 17.5. The van der Waals surface area contributed by atoms with Crippen LogP contribution in [0.2, 0.25) is 5.02 Å². The number of carbonyl (C=O) groups excluding carboxylic acids is 3. The quantitative estimate of drug-likeness (QED) is 0.215. The minimum Gasteiger partial charge on any atom is -0.507 e. The van der Waals surface area contributed by atoms with Crippen molar-refractivity contribution in [3.63, 3.8) is 0 Å². The van der Waals surface area contributed by atoms with Crippen molar-refractivity contribution in [2.75, 3.05) is 6.54 Å². The van der Waals surface area contributed by atoms with Gasteiger partial charge in [0.2, 0.25) is 5.91 Å². The summed E-state index contributed by atoms with van der Waals surface area (Å²) in [7, 11) is 0. The molecule has 2 aromatic carbocycles. The summed E-state index contributed by atoms with van der Waals surface area (Å²) in [5, 5.41) is 10.3. The van der Waals surface area contributed by atoms with Gasteiger partial charge in [-0.05, 0) is 48.7 Å². The van der Waals surface area contributed by atoms with E-state index in [0.29, 0.717) is 40.1 Å². The number of carbonyl (C=O) groups is 3. The number of para-hydroxylation sites is 1. The molecule has 1 saturated heterocycles. The van der Waals surface area contributed by atoms with Gasteiger partial charge >= 0.3 is 0 Å². The lowest BCUT2D eigenvalue weighted by molar-refractivity contribution is -0.123. The number of nitrogens with zero attached hydrogens (tertiary/aromatic N) is 1. The van der Waals surface area contributed by atoms with Crippen LogP contribution in [-0.4, -0.2) is 38.6 Å². The number of nitrogens with one attached hydrogen (secondary N) is 2. The predicted octanol–water partition coefficient (Wildman–Crippen LogP) is 4.27. The Labute approximate surface area is 206 Å². The van der Waals surface area contributed by atoms with E-state index < -0.39 is 5.91 Å². The Hall–Kier alpha value is -2.88.